The van der Waals surface area contributed by atoms with Crippen LogP contribution in [0.15, 0.2) is 22.7 Å². The van der Waals surface area contributed by atoms with E-state index in [2.05, 4.69) is 15.9 Å². The van der Waals surface area contributed by atoms with Crippen LogP contribution in [0.2, 0.25) is 0 Å². The van der Waals surface area contributed by atoms with Crippen LogP contribution in [-0.2, 0) is 6.42 Å². The summed E-state index contributed by atoms with van der Waals surface area (Å²) in [7, 11) is 1.55. The molecule has 0 saturated heterocycles. The molecule has 14 heavy (non-hydrogen) atoms. The molecule has 0 aliphatic heterocycles. The lowest BCUT2D eigenvalue weighted by atomic mass is 10.1. The molecule has 1 aromatic carbocycles. The summed E-state index contributed by atoms with van der Waals surface area (Å²) in [6, 6.07) is 5.47. The third kappa shape index (κ3) is 2.70. The van der Waals surface area contributed by atoms with E-state index in [9.17, 15) is 10.1 Å². The highest BCUT2D eigenvalue weighted by molar-refractivity contribution is 9.10. The van der Waals surface area contributed by atoms with E-state index >= 15 is 0 Å². The van der Waals surface area contributed by atoms with E-state index in [4.69, 9.17) is 4.74 Å². The van der Waals surface area contributed by atoms with Crippen molar-refractivity contribution in [1.82, 2.24) is 0 Å². The maximum atomic E-state index is 10.2. The second kappa shape index (κ2) is 4.95. The molecule has 4 nitrogen and oxygen atoms in total. The standard InChI is InChI=1S/C9H10BrNO3/c1-14-9-4-2-3-8(10)7(9)5-6-11(12)13/h2-4H,5-6H2,1H3. The van der Waals surface area contributed by atoms with Gasteiger partial charge in [-0.3, -0.25) is 10.1 Å². The fraction of sp³-hybridized carbons (Fsp3) is 0.333. The van der Waals surface area contributed by atoms with Gasteiger partial charge in [-0.15, -0.1) is 0 Å². The van der Waals surface area contributed by atoms with Crippen LogP contribution < -0.4 is 4.74 Å². The molecule has 0 fully saturated rings. The van der Waals surface area contributed by atoms with Crippen LogP contribution in [0.3, 0.4) is 0 Å². The first kappa shape index (κ1) is 11.0. The molecule has 5 heteroatoms. The Morgan fingerprint density at radius 2 is 2.29 bits per heavy atom. The van der Waals surface area contributed by atoms with E-state index < -0.39 is 0 Å². The van der Waals surface area contributed by atoms with E-state index in [1.54, 1.807) is 13.2 Å². The molecule has 0 aliphatic carbocycles. The second-order valence-electron chi connectivity index (χ2n) is 2.73. The minimum Gasteiger partial charge on any atom is -0.496 e. The minimum absolute atomic E-state index is 0.0844. The van der Waals surface area contributed by atoms with Gasteiger partial charge in [0.15, 0.2) is 0 Å². The highest BCUT2D eigenvalue weighted by Crippen LogP contribution is 2.26. The van der Waals surface area contributed by atoms with Gasteiger partial charge in [0.1, 0.15) is 5.75 Å². The summed E-state index contributed by atoms with van der Waals surface area (Å²) in [5.41, 5.74) is 0.840. The van der Waals surface area contributed by atoms with Gasteiger partial charge in [-0.2, -0.15) is 0 Å². The number of hydrogen-bond donors (Lipinski definition) is 0. The molecule has 0 spiro atoms. The number of benzene rings is 1. The molecule has 1 aromatic rings. The summed E-state index contributed by atoms with van der Waals surface area (Å²) in [5, 5.41) is 10.2. The predicted octanol–water partition coefficient (Wildman–Crippen LogP) is 2.28. The SMILES string of the molecule is COc1cccc(Br)c1CC[N+](=O)[O-]. The summed E-state index contributed by atoms with van der Waals surface area (Å²) < 4.78 is 5.95. The van der Waals surface area contributed by atoms with Gasteiger partial charge in [-0.1, -0.05) is 22.0 Å². The highest BCUT2D eigenvalue weighted by atomic mass is 79.9. The normalized spacial score (nSPS) is 9.86. The van der Waals surface area contributed by atoms with Crippen LogP contribution in [0.4, 0.5) is 0 Å². The van der Waals surface area contributed by atoms with Crippen molar-refractivity contribution in [1.29, 1.82) is 0 Å². The van der Waals surface area contributed by atoms with Crippen molar-refractivity contribution in [3.05, 3.63) is 38.3 Å². The Kier molecular flexibility index (Phi) is 3.88. The Morgan fingerprint density at radius 3 is 2.86 bits per heavy atom. The smallest absolute Gasteiger partial charge is 0.208 e. The van der Waals surface area contributed by atoms with Crippen LogP contribution in [0.25, 0.3) is 0 Å². The molecule has 0 atom stereocenters. The maximum Gasteiger partial charge on any atom is 0.208 e. The molecule has 0 bridgehead atoms. The molecule has 1 rings (SSSR count). The van der Waals surface area contributed by atoms with Crippen LogP contribution >= 0.6 is 15.9 Å². The van der Waals surface area contributed by atoms with Crippen molar-refractivity contribution < 1.29 is 9.66 Å². The Balaban J connectivity index is 2.87. The number of rotatable bonds is 4. The summed E-state index contributed by atoms with van der Waals surface area (Å²) >= 11 is 3.34. The molecular weight excluding hydrogens is 250 g/mol. The van der Waals surface area contributed by atoms with Crippen molar-refractivity contribution in [3.63, 3.8) is 0 Å². The van der Waals surface area contributed by atoms with Crippen molar-refractivity contribution in [3.8, 4) is 5.75 Å². The van der Waals surface area contributed by atoms with Gasteiger partial charge in [0.05, 0.1) is 7.11 Å². The van der Waals surface area contributed by atoms with Gasteiger partial charge in [-0.25, -0.2) is 0 Å². The average Bonchev–Trinajstić information content (AvgIpc) is 2.15. The van der Waals surface area contributed by atoms with Crippen LogP contribution in [0, 0.1) is 10.1 Å². The first-order valence-electron chi connectivity index (χ1n) is 4.08. The van der Waals surface area contributed by atoms with Crippen LogP contribution in [0.1, 0.15) is 5.56 Å². The number of halogens is 1. The highest BCUT2D eigenvalue weighted by Gasteiger charge is 2.09. The van der Waals surface area contributed by atoms with Crippen molar-refractivity contribution >= 4 is 15.9 Å². The Hall–Kier alpha value is -1.10. The zero-order valence-corrected chi connectivity index (χ0v) is 9.28. The maximum absolute atomic E-state index is 10.2. The first-order chi connectivity index (χ1) is 6.65. The number of ether oxygens (including phenoxy) is 1. The van der Waals surface area contributed by atoms with Gasteiger partial charge >= 0.3 is 0 Å². The molecule has 0 unspecified atom stereocenters. The average molecular weight is 260 g/mol. The zero-order valence-electron chi connectivity index (χ0n) is 7.70. The van der Waals surface area contributed by atoms with Crippen LogP contribution in [-0.4, -0.2) is 18.6 Å². The summed E-state index contributed by atoms with van der Waals surface area (Å²) in [4.78, 5) is 9.90. The van der Waals surface area contributed by atoms with Gasteiger partial charge in [0.2, 0.25) is 6.54 Å². The zero-order chi connectivity index (χ0) is 10.6. The lowest BCUT2D eigenvalue weighted by Crippen LogP contribution is -2.05. The Labute approximate surface area is 90.2 Å². The number of nitrogens with zero attached hydrogens (tertiary/aromatic N) is 1. The lowest BCUT2D eigenvalue weighted by Gasteiger charge is -2.07. The molecule has 0 aromatic heterocycles. The number of methoxy groups -OCH3 is 1. The van der Waals surface area contributed by atoms with Crippen LogP contribution in [0.5, 0.6) is 5.75 Å². The Morgan fingerprint density at radius 1 is 1.57 bits per heavy atom. The van der Waals surface area contributed by atoms with E-state index in [-0.39, 0.29) is 11.5 Å². The molecule has 0 heterocycles. The van der Waals surface area contributed by atoms with E-state index in [1.807, 2.05) is 12.1 Å². The molecule has 0 saturated carbocycles. The third-order valence-electron chi connectivity index (χ3n) is 1.84. The molecule has 0 aliphatic rings. The molecular formula is C9H10BrNO3. The monoisotopic (exact) mass is 259 g/mol. The van der Waals surface area contributed by atoms with Gasteiger partial charge in [-0.05, 0) is 12.1 Å². The van der Waals surface area contributed by atoms with Crippen molar-refractivity contribution in [2.75, 3.05) is 13.7 Å². The van der Waals surface area contributed by atoms with Gasteiger partial charge in [0, 0.05) is 21.4 Å². The Bertz CT molecular complexity index is 341. The van der Waals surface area contributed by atoms with E-state index in [0.717, 1.165) is 10.0 Å². The quantitative estimate of drug-likeness (QED) is 0.616. The van der Waals surface area contributed by atoms with E-state index in [0.29, 0.717) is 12.2 Å². The molecule has 0 N–H and O–H groups in total. The van der Waals surface area contributed by atoms with Crippen molar-refractivity contribution in [2.45, 2.75) is 6.42 Å². The lowest BCUT2D eigenvalue weighted by molar-refractivity contribution is -0.479. The summed E-state index contributed by atoms with van der Waals surface area (Å²) in [6.45, 7) is -0.0844. The second-order valence-corrected chi connectivity index (χ2v) is 3.58. The van der Waals surface area contributed by atoms with Gasteiger partial charge in [0.25, 0.3) is 0 Å². The fourth-order valence-corrected chi connectivity index (χ4v) is 1.72. The molecule has 76 valence electrons. The topological polar surface area (TPSA) is 52.4 Å². The molecule has 0 radical (unpaired) electrons. The molecule has 0 amide bonds. The van der Waals surface area contributed by atoms with Gasteiger partial charge < -0.3 is 4.74 Å². The van der Waals surface area contributed by atoms with Crippen molar-refractivity contribution in [2.24, 2.45) is 0 Å². The minimum atomic E-state index is -0.334. The predicted molar refractivity (Wildman–Crippen MR) is 56.3 cm³/mol. The fourth-order valence-electron chi connectivity index (χ4n) is 1.18. The summed E-state index contributed by atoms with van der Waals surface area (Å²) in [6.07, 6.45) is 0.373. The van der Waals surface area contributed by atoms with E-state index in [1.165, 1.54) is 0 Å². The number of hydrogen-bond acceptors (Lipinski definition) is 3. The first-order valence-corrected chi connectivity index (χ1v) is 4.87. The summed E-state index contributed by atoms with van der Waals surface area (Å²) in [5.74, 6) is 0.682. The third-order valence-corrected chi connectivity index (χ3v) is 2.58. The largest absolute Gasteiger partial charge is 0.496 e. The number of nitro groups is 1.